The van der Waals surface area contributed by atoms with Crippen molar-refractivity contribution >= 4 is 22.3 Å². The van der Waals surface area contributed by atoms with Gasteiger partial charge in [-0.2, -0.15) is 8.42 Å². The third-order valence-corrected chi connectivity index (χ3v) is 6.25. The van der Waals surface area contributed by atoms with E-state index < -0.39 is 58.8 Å². The molecule has 1 aromatic carbocycles. The standard InChI is InChI=1S/C21H28N2O8S/c1-12(2)29-20(25)22-16-10-11-17(23(22)21(26)30-13(3)4)19(18(16)24)31-32(27,28)15-8-6-14(5)7-9-15/h6-13,16-19,24H,1-5H3. The van der Waals surface area contributed by atoms with Gasteiger partial charge in [-0.05, 0) is 46.8 Å². The highest BCUT2D eigenvalue weighted by Gasteiger charge is 2.56. The molecule has 176 valence electrons. The summed E-state index contributed by atoms with van der Waals surface area (Å²) in [5, 5.41) is 12.8. The van der Waals surface area contributed by atoms with Crippen molar-refractivity contribution in [2.75, 3.05) is 0 Å². The number of carbonyl (C=O) groups excluding carboxylic acids is 2. The van der Waals surface area contributed by atoms with Crippen molar-refractivity contribution in [3.05, 3.63) is 42.0 Å². The molecule has 32 heavy (non-hydrogen) atoms. The maximum Gasteiger partial charge on any atom is 0.429 e. The van der Waals surface area contributed by atoms with E-state index in [2.05, 4.69) is 0 Å². The molecule has 1 saturated heterocycles. The van der Waals surface area contributed by atoms with Crippen molar-refractivity contribution in [1.29, 1.82) is 0 Å². The molecule has 0 spiro atoms. The van der Waals surface area contributed by atoms with Crippen molar-refractivity contribution in [2.45, 2.75) is 76.0 Å². The lowest BCUT2D eigenvalue weighted by Crippen LogP contribution is -2.73. The van der Waals surface area contributed by atoms with Gasteiger partial charge in [-0.1, -0.05) is 29.8 Å². The molecule has 10 nitrogen and oxygen atoms in total. The molecule has 4 atom stereocenters. The van der Waals surface area contributed by atoms with Crippen molar-refractivity contribution in [1.82, 2.24) is 10.0 Å². The van der Waals surface area contributed by atoms with E-state index in [0.29, 0.717) is 0 Å². The minimum absolute atomic E-state index is 0.0897. The second-order valence-electron chi connectivity index (χ2n) is 8.24. The van der Waals surface area contributed by atoms with E-state index >= 15 is 0 Å². The molecule has 1 fully saturated rings. The van der Waals surface area contributed by atoms with E-state index in [1.54, 1.807) is 39.8 Å². The van der Waals surface area contributed by atoms with Gasteiger partial charge in [-0.3, -0.25) is 4.18 Å². The Morgan fingerprint density at radius 2 is 1.38 bits per heavy atom. The number of ether oxygens (including phenoxy) is 2. The molecule has 0 saturated carbocycles. The van der Waals surface area contributed by atoms with Crippen LogP contribution in [0.3, 0.4) is 0 Å². The fraction of sp³-hybridized carbons (Fsp3) is 0.524. The first-order chi connectivity index (χ1) is 14.9. The van der Waals surface area contributed by atoms with Crippen LogP contribution in [0.1, 0.15) is 33.3 Å². The van der Waals surface area contributed by atoms with Crippen molar-refractivity contribution in [3.63, 3.8) is 0 Å². The monoisotopic (exact) mass is 468 g/mol. The summed E-state index contributed by atoms with van der Waals surface area (Å²) in [5.41, 5.74) is 0.866. The third-order valence-electron chi connectivity index (χ3n) is 4.92. The molecule has 1 aliphatic carbocycles. The Morgan fingerprint density at radius 1 is 0.906 bits per heavy atom. The lowest BCUT2D eigenvalue weighted by Gasteiger charge is -2.53. The summed E-state index contributed by atoms with van der Waals surface area (Å²) in [6, 6.07) is 3.81. The van der Waals surface area contributed by atoms with Crippen molar-refractivity contribution in [3.8, 4) is 0 Å². The molecule has 11 heteroatoms. The molecular formula is C21H28N2O8S. The van der Waals surface area contributed by atoms with Gasteiger partial charge in [0.15, 0.2) is 0 Å². The van der Waals surface area contributed by atoms with Gasteiger partial charge >= 0.3 is 12.2 Å². The number of nitrogens with zero attached hydrogens (tertiary/aromatic N) is 2. The topological polar surface area (TPSA) is 123 Å². The fourth-order valence-corrected chi connectivity index (χ4v) is 4.63. The molecule has 3 aliphatic rings. The quantitative estimate of drug-likeness (QED) is 0.516. The molecule has 4 unspecified atom stereocenters. The van der Waals surface area contributed by atoms with E-state index in [9.17, 15) is 23.1 Å². The number of carbonyl (C=O) groups is 2. The summed E-state index contributed by atoms with van der Waals surface area (Å²) in [5.74, 6) is 0. The highest BCUT2D eigenvalue weighted by atomic mass is 32.2. The van der Waals surface area contributed by atoms with Crippen molar-refractivity contribution in [2.24, 2.45) is 0 Å². The van der Waals surface area contributed by atoms with E-state index in [1.807, 2.05) is 6.92 Å². The molecule has 4 rings (SSSR count). The van der Waals surface area contributed by atoms with Gasteiger partial charge < -0.3 is 14.6 Å². The molecular weight excluding hydrogens is 440 g/mol. The van der Waals surface area contributed by atoms with Crippen LogP contribution in [0.15, 0.2) is 41.3 Å². The van der Waals surface area contributed by atoms with Gasteiger partial charge in [0, 0.05) is 0 Å². The lowest BCUT2D eigenvalue weighted by molar-refractivity contribution is -0.165. The summed E-state index contributed by atoms with van der Waals surface area (Å²) in [4.78, 5) is 25.5. The van der Waals surface area contributed by atoms with Gasteiger partial charge in [0.25, 0.3) is 10.1 Å². The first-order valence-corrected chi connectivity index (χ1v) is 11.7. The maximum absolute atomic E-state index is 12.9. The smallest absolute Gasteiger partial charge is 0.429 e. The minimum atomic E-state index is -4.27. The number of hydrogen-bond donors (Lipinski definition) is 1. The fourth-order valence-electron chi connectivity index (χ4n) is 3.53. The highest BCUT2D eigenvalue weighted by molar-refractivity contribution is 7.86. The van der Waals surface area contributed by atoms with E-state index in [-0.39, 0.29) is 4.90 Å². The molecule has 2 bridgehead atoms. The van der Waals surface area contributed by atoms with Crippen LogP contribution in [0.2, 0.25) is 0 Å². The van der Waals surface area contributed by atoms with Gasteiger partial charge in [0.05, 0.1) is 17.1 Å². The summed E-state index contributed by atoms with van der Waals surface area (Å²) in [6.45, 7) is 8.37. The third kappa shape index (κ3) is 4.74. The van der Waals surface area contributed by atoms with Crippen LogP contribution in [0.5, 0.6) is 0 Å². The summed E-state index contributed by atoms with van der Waals surface area (Å²) in [7, 11) is -4.27. The number of rotatable bonds is 5. The van der Waals surface area contributed by atoms with E-state index in [4.69, 9.17) is 13.7 Å². The van der Waals surface area contributed by atoms with Gasteiger partial charge in [0.2, 0.25) is 0 Å². The largest absolute Gasteiger partial charge is 0.445 e. The molecule has 0 aromatic heterocycles. The van der Waals surface area contributed by atoms with E-state index in [1.165, 1.54) is 24.3 Å². The van der Waals surface area contributed by atoms with Gasteiger partial charge in [0.1, 0.15) is 24.3 Å². The zero-order valence-electron chi connectivity index (χ0n) is 18.5. The molecule has 2 aliphatic heterocycles. The maximum atomic E-state index is 12.9. The van der Waals surface area contributed by atoms with Crippen LogP contribution in [-0.4, -0.2) is 72.2 Å². The average molecular weight is 469 g/mol. The van der Waals surface area contributed by atoms with Crippen molar-refractivity contribution < 1.29 is 36.8 Å². The van der Waals surface area contributed by atoms with Crippen LogP contribution in [-0.2, 0) is 23.8 Å². The lowest BCUT2D eigenvalue weighted by atomic mass is 9.88. The van der Waals surface area contributed by atoms with Crippen LogP contribution < -0.4 is 0 Å². The number of fused-ring (bicyclic) bond motifs is 2. The zero-order valence-corrected chi connectivity index (χ0v) is 19.4. The zero-order chi connectivity index (χ0) is 23.8. The second kappa shape index (κ2) is 9.08. The highest BCUT2D eigenvalue weighted by Crippen LogP contribution is 2.36. The van der Waals surface area contributed by atoms with Crippen LogP contribution in [0, 0.1) is 6.92 Å². The Kier molecular flexibility index (Phi) is 6.82. The first-order valence-electron chi connectivity index (χ1n) is 10.3. The Labute approximate surface area is 187 Å². The number of amides is 2. The number of aryl methyl sites for hydroxylation is 1. The predicted molar refractivity (Wildman–Crippen MR) is 113 cm³/mol. The molecule has 0 radical (unpaired) electrons. The number of hydrazine groups is 1. The Bertz CT molecular complexity index is 990. The number of hydrogen-bond acceptors (Lipinski definition) is 8. The van der Waals surface area contributed by atoms with Crippen LogP contribution >= 0.6 is 0 Å². The normalized spacial score (nSPS) is 24.9. The molecule has 2 amide bonds. The van der Waals surface area contributed by atoms with Crippen LogP contribution in [0.4, 0.5) is 9.59 Å². The Balaban J connectivity index is 1.95. The Morgan fingerprint density at radius 3 is 1.88 bits per heavy atom. The second-order valence-corrected chi connectivity index (χ2v) is 9.81. The summed E-state index contributed by atoms with van der Waals surface area (Å²) < 4.78 is 41.6. The predicted octanol–water partition coefficient (Wildman–Crippen LogP) is 2.36. The average Bonchev–Trinajstić information content (AvgIpc) is 2.69. The number of aliphatic hydroxyl groups is 1. The SMILES string of the molecule is Cc1ccc(S(=O)(=O)OC2C(O)C3C=CC2N(C(=O)OC(C)C)N3C(=O)OC(C)C)cc1. The van der Waals surface area contributed by atoms with Gasteiger partial charge in [-0.25, -0.2) is 19.6 Å². The summed E-state index contributed by atoms with van der Waals surface area (Å²) >= 11 is 0. The van der Waals surface area contributed by atoms with Crippen LogP contribution in [0.25, 0.3) is 0 Å². The minimum Gasteiger partial charge on any atom is -0.445 e. The number of aliphatic hydroxyl groups excluding tert-OH is 1. The molecule has 1 N–H and O–H groups in total. The molecule has 2 heterocycles. The van der Waals surface area contributed by atoms with E-state index in [0.717, 1.165) is 15.6 Å². The number of benzene rings is 1. The first kappa shape index (κ1) is 24.0. The van der Waals surface area contributed by atoms with Gasteiger partial charge in [-0.15, -0.1) is 0 Å². The molecule has 1 aromatic rings. The Hall–Kier alpha value is -2.63. The summed E-state index contributed by atoms with van der Waals surface area (Å²) in [6.07, 6.45) is -2.54.